The van der Waals surface area contributed by atoms with Gasteiger partial charge in [0.2, 0.25) is 0 Å². The molecule has 0 saturated heterocycles. The highest BCUT2D eigenvalue weighted by Crippen LogP contribution is 2.22. The second kappa shape index (κ2) is 8.18. The van der Waals surface area contributed by atoms with Gasteiger partial charge in [0, 0.05) is 17.5 Å². The molecule has 1 unspecified atom stereocenters. The number of carbonyl (C=O) groups is 2. The van der Waals surface area contributed by atoms with E-state index in [0.717, 1.165) is 0 Å². The van der Waals surface area contributed by atoms with Crippen LogP contribution in [0.25, 0.3) is 11.0 Å². The smallest absolute Gasteiger partial charge is 0.408 e. The molecule has 0 aliphatic carbocycles. The summed E-state index contributed by atoms with van der Waals surface area (Å²) in [4.78, 5) is 36.5. The van der Waals surface area contributed by atoms with E-state index >= 15 is 0 Å². The third-order valence-electron chi connectivity index (χ3n) is 3.84. The van der Waals surface area contributed by atoms with E-state index in [1.54, 1.807) is 69.3 Å². The monoisotopic (exact) mass is 395 g/mol. The van der Waals surface area contributed by atoms with Crippen molar-refractivity contribution in [2.75, 3.05) is 0 Å². The van der Waals surface area contributed by atoms with Gasteiger partial charge in [0.15, 0.2) is 6.04 Å². The lowest BCUT2D eigenvalue weighted by Gasteiger charge is -2.23. The second-order valence-electron chi connectivity index (χ2n) is 7.37. The Morgan fingerprint density at radius 2 is 1.69 bits per heavy atom. The van der Waals surface area contributed by atoms with Crippen LogP contribution in [-0.4, -0.2) is 17.7 Å². The summed E-state index contributed by atoms with van der Waals surface area (Å²) in [7, 11) is 0. The fourth-order valence-corrected chi connectivity index (χ4v) is 2.63. The molecule has 1 aromatic heterocycles. The van der Waals surface area contributed by atoms with Crippen LogP contribution in [0.2, 0.25) is 0 Å². The zero-order valence-electron chi connectivity index (χ0n) is 16.3. The van der Waals surface area contributed by atoms with Gasteiger partial charge in [-0.3, -0.25) is 0 Å². The Morgan fingerprint density at radius 1 is 1.00 bits per heavy atom. The van der Waals surface area contributed by atoms with E-state index in [9.17, 15) is 14.4 Å². The molecular weight excluding hydrogens is 374 g/mol. The Kier molecular flexibility index (Phi) is 5.68. The molecule has 0 aliphatic heterocycles. The third-order valence-corrected chi connectivity index (χ3v) is 3.84. The Morgan fingerprint density at radius 3 is 2.38 bits per heavy atom. The number of rotatable bonds is 4. The molecule has 0 spiro atoms. The maximum Gasteiger partial charge on any atom is 0.408 e. The number of carbonyl (C=O) groups excluding carboxylic acids is 2. The molecule has 150 valence electrons. The molecule has 0 aliphatic rings. The maximum absolute atomic E-state index is 12.8. The normalized spacial score (nSPS) is 12.2. The number of nitrogens with one attached hydrogen (secondary N) is 1. The first kappa shape index (κ1) is 20.1. The summed E-state index contributed by atoms with van der Waals surface area (Å²) in [5, 5.41) is 3.24. The minimum atomic E-state index is -1.08. The zero-order valence-corrected chi connectivity index (χ0v) is 16.3. The van der Waals surface area contributed by atoms with E-state index in [1.807, 2.05) is 0 Å². The second-order valence-corrected chi connectivity index (χ2v) is 7.37. The lowest BCUT2D eigenvalue weighted by atomic mass is 10.1. The van der Waals surface area contributed by atoms with Gasteiger partial charge in [-0.2, -0.15) is 0 Å². The topological polar surface area (TPSA) is 94.8 Å². The average molecular weight is 395 g/mol. The van der Waals surface area contributed by atoms with Gasteiger partial charge >= 0.3 is 17.7 Å². The van der Waals surface area contributed by atoms with Crippen molar-refractivity contribution in [3.63, 3.8) is 0 Å². The van der Waals surface area contributed by atoms with E-state index < -0.39 is 29.3 Å². The van der Waals surface area contributed by atoms with Crippen LogP contribution >= 0.6 is 0 Å². The van der Waals surface area contributed by atoms with Crippen LogP contribution in [-0.2, 0) is 9.53 Å². The molecule has 1 heterocycles. The summed E-state index contributed by atoms with van der Waals surface area (Å²) in [6, 6.07) is 15.2. The number of benzene rings is 2. The number of ether oxygens (including phenoxy) is 2. The van der Waals surface area contributed by atoms with E-state index in [-0.39, 0.29) is 5.75 Å². The fraction of sp³-hybridized carbons (Fsp3) is 0.227. The Balaban J connectivity index is 1.84. The SMILES string of the molecule is CC(C)(C)OC(=O)NC(C(=O)Oc1ccc2ccc(=O)oc2c1)c1ccccc1. The molecule has 0 fully saturated rings. The number of fused-ring (bicyclic) bond motifs is 1. The van der Waals surface area contributed by atoms with Crippen LogP contribution in [0.3, 0.4) is 0 Å². The van der Waals surface area contributed by atoms with Crippen molar-refractivity contribution < 1.29 is 23.5 Å². The van der Waals surface area contributed by atoms with Gasteiger partial charge in [0.25, 0.3) is 0 Å². The minimum absolute atomic E-state index is 0.184. The van der Waals surface area contributed by atoms with Gasteiger partial charge in [0.05, 0.1) is 0 Å². The van der Waals surface area contributed by atoms with Crippen molar-refractivity contribution in [3.8, 4) is 5.75 Å². The van der Waals surface area contributed by atoms with E-state index in [0.29, 0.717) is 16.5 Å². The summed E-state index contributed by atoms with van der Waals surface area (Å²) < 4.78 is 15.8. The molecule has 7 heteroatoms. The van der Waals surface area contributed by atoms with Crippen molar-refractivity contribution in [2.45, 2.75) is 32.4 Å². The molecule has 3 rings (SSSR count). The van der Waals surface area contributed by atoms with E-state index in [4.69, 9.17) is 13.9 Å². The summed E-state index contributed by atoms with van der Waals surface area (Å²) >= 11 is 0. The van der Waals surface area contributed by atoms with Gasteiger partial charge in [-0.1, -0.05) is 30.3 Å². The number of esters is 1. The minimum Gasteiger partial charge on any atom is -0.444 e. The Labute approximate surface area is 167 Å². The van der Waals surface area contributed by atoms with E-state index in [2.05, 4.69) is 5.32 Å². The summed E-state index contributed by atoms with van der Waals surface area (Å²) in [6.45, 7) is 5.18. The largest absolute Gasteiger partial charge is 0.444 e. The fourth-order valence-electron chi connectivity index (χ4n) is 2.63. The Hall–Kier alpha value is -3.61. The lowest BCUT2D eigenvalue weighted by molar-refractivity contribution is -0.137. The maximum atomic E-state index is 12.8. The van der Waals surface area contributed by atoms with Crippen LogP contribution in [0.4, 0.5) is 4.79 Å². The summed E-state index contributed by atoms with van der Waals surface area (Å²) in [5.74, 6) is -0.525. The zero-order chi connectivity index (χ0) is 21.0. The standard InChI is InChI=1S/C22H21NO6/c1-22(2,3)29-21(26)23-19(15-7-5-4-6-8-15)20(25)27-16-11-9-14-10-12-18(24)28-17(14)13-16/h4-13,19H,1-3H3,(H,23,26). The van der Waals surface area contributed by atoms with Crippen molar-refractivity contribution in [2.24, 2.45) is 0 Å². The number of hydrogen-bond acceptors (Lipinski definition) is 6. The van der Waals surface area contributed by atoms with Crippen molar-refractivity contribution in [1.29, 1.82) is 0 Å². The lowest BCUT2D eigenvalue weighted by Crippen LogP contribution is -2.39. The molecule has 1 atom stereocenters. The van der Waals surface area contributed by atoms with Gasteiger partial charge in [-0.15, -0.1) is 0 Å². The van der Waals surface area contributed by atoms with Crippen LogP contribution in [0.1, 0.15) is 32.4 Å². The molecule has 0 saturated carbocycles. The first-order valence-corrected chi connectivity index (χ1v) is 9.01. The van der Waals surface area contributed by atoms with Gasteiger partial charge < -0.3 is 19.2 Å². The predicted octanol–water partition coefficient (Wildman–Crippen LogP) is 3.96. The molecule has 3 aromatic rings. The quantitative estimate of drug-likeness (QED) is 0.408. The number of amides is 1. The molecule has 0 radical (unpaired) electrons. The predicted molar refractivity (Wildman–Crippen MR) is 107 cm³/mol. The first-order chi connectivity index (χ1) is 13.7. The number of alkyl carbamates (subject to hydrolysis) is 1. The molecule has 1 N–H and O–H groups in total. The van der Waals surface area contributed by atoms with Gasteiger partial charge in [-0.05, 0) is 44.5 Å². The average Bonchev–Trinajstić information content (AvgIpc) is 2.65. The molecule has 0 bridgehead atoms. The van der Waals surface area contributed by atoms with Crippen LogP contribution in [0, 0.1) is 0 Å². The molecule has 1 amide bonds. The van der Waals surface area contributed by atoms with Crippen molar-refractivity contribution in [1.82, 2.24) is 5.32 Å². The van der Waals surface area contributed by atoms with E-state index in [1.165, 1.54) is 12.1 Å². The van der Waals surface area contributed by atoms with Crippen LogP contribution < -0.4 is 15.7 Å². The molecule has 7 nitrogen and oxygen atoms in total. The highest BCUT2D eigenvalue weighted by molar-refractivity contribution is 5.85. The Bertz CT molecular complexity index is 1080. The third kappa shape index (κ3) is 5.44. The van der Waals surface area contributed by atoms with Crippen molar-refractivity contribution in [3.05, 3.63) is 76.6 Å². The van der Waals surface area contributed by atoms with Gasteiger partial charge in [-0.25, -0.2) is 14.4 Å². The first-order valence-electron chi connectivity index (χ1n) is 9.01. The number of hydrogen-bond donors (Lipinski definition) is 1. The molecule has 29 heavy (non-hydrogen) atoms. The highest BCUT2D eigenvalue weighted by atomic mass is 16.6. The highest BCUT2D eigenvalue weighted by Gasteiger charge is 2.27. The molecule has 2 aromatic carbocycles. The summed E-state index contributed by atoms with van der Waals surface area (Å²) in [5.41, 5.74) is -0.393. The van der Waals surface area contributed by atoms with Crippen LogP contribution in [0.15, 0.2) is 69.9 Å². The molecular formula is C22H21NO6. The summed E-state index contributed by atoms with van der Waals surface area (Å²) in [6.07, 6.45) is -0.743. The van der Waals surface area contributed by atoms with Crippen LogP contribution in [0.5, 0.6) is 5.75 Å². The van der Waals surface area contributed by atoms with Gasteiger partial charge in [0.1, 0.15) is 16.9 Å². The van der Waals surface area contributed by atoms with Crippen molar-refractivity contribution >= 4 is 23.0 Å².